The monoisotopic (exact) mass is 378 g/mol. The molecule has 1 atom stereocenters. The molecule has 2 heterocycles. The Balaban J connectivity index is 1.35. The predicted octanol–water partition coefficient (Wildman–Crippen LogP) is 3.41. The first-order chi connectivity index (χ1) is 13.7. The topological polar surface area (TPSA) is 50.2 Å². The highest BCUT2D eigenvalue weighted by Crippen LogP contribution is 2.16. The number of rotatable bonds is 5. The lowest BCUT2D eigenvalue weighted by Gasteiger charge is -2.33. The minimum Gasteiger partial charge on any atom is -0.348 e. The van der Waals surface area contributed by atoms with E-state index in [9.17, 15) is 9.18 Å². The number of benzene rings is 2. The van der Waals surface area contributed by atoms with Crippen molar-refractivity contribution in [2.45, 2.75) is 25.4 Å². The fourth-order valence-corrected chi connectivity index (χ4v) is 3.65. The Hall–Kier alpha value is -2.99. The van der Waals surface area contributed by atoms with Gasteiger partial charge in [0, 0.05) is 48.3 Å². The molecule has 0 spiro atoms. The molecule has 0 bridgehead atoms. The van der Waals surface area contributed by atoms with Crippen molar-refractivity contribution in [3.63, 3.8) is 0 Å². The van der Waals surface area contributed by atoms with E-state index in [1.807, 2.05) is 47.2 Å². The molecular weight excluding hydrogens is 355 g/mol. The highest BCUT2D eigenvalue weighted by atomic mass is 19.1. The maximum Gasteiger partial charge on any atom is 0.251 e. The second-order valence-electron chi connectivity index (χ2n) is 7.16. The summed E-state index contributed by atoms with van der Waals surface area (Å²) >= 11 is 0. The molecule has 4 rings (SSSR count). The van der Waals surface area contributed by atoms with E-state index in [4.69, 9.17) is 0 Å². The van der Waals surface area contributed by atoms with Crippen molar-refractivity contribution in [2.24, 2.45) is 0 Å². The third-order valence-corrected chi connectivity index (χ3v) is 5.12. The summed E-state index contributed by atoms with van der Waals surface area (Å²) in [5.74, 6) is -0.249. The van der Waals surface area contributed by atoms with Gasteiger partial charge in [0.15, 0.2) is 0 Å². The molecular formula is C22H23FN4O. The highest BCUT2D eigenvalue weighted by molar-refractivity contribution is 5.94. The molecule has 3 aromatic rings. The number of hydrogen-bond acceptors (Lipinski definition) is 3. The largest absolute Gasteiger partial charge is 0.348 e. The highest BCUT2D eigenvalue weighted by Gasteiger charge is 2.22. The van der Waals surface area contributed by atoms with Gasteiger partial charge in [0.2, 0.25) is 0 Å². The SMILES string of the molecule is O=C(NC1CCCN(Cc2ccccc2F)C1)c1ccc(-n2ccnc2)cc1. The molecule has 28 heavy (non-hydrogen) atoms. The third-order valence-electron chi connectivity index (χ3n) is 5.12. The number of aromatic nitrogens is 2. The van der Waals surface area contributed by atoms with Crippen LogP contribution in [0, 0.1) is 5.82 Å². The van der Waals surface area contributed by atoms with Crippen LogP contribution in [0.1, 0.15) is 28.8 Å². The first kappa shape index (κ1) is 18.4. The third kappa shape index (κ3) is 4.28. The number of imidazole rings is 1. The van der Waals surface area contributed by atoms with E-state index in [2.05, 4.69) is 15.2 Å². The molecule has 1 amide bonds. The molecule has 1 N–H and O–H groups in total. The van der Waals surface area contributed by atoms with E-state index in [1.54, 1.807) is 18.6 Å². The maximum atomic E-state index is 13.9. The van der Waals surface area contributed by atoms with Gasteiger partial charge < -0.3 is 9.88 Å². The number of nitrogens with one attached hydrogen (secondary N) is 1. The van der Waals surface area contributed by atoms with Gasteiger partial charge >= 0.3 is 0 Å². The van der Waals surface area contributed by atoms with Gasteiger partial charge in [0.1, 0.15) is 5.82 Å². The van der Waals surface area contributed by atoms with Crippen LogP contribution in [0.25, 0.3) is 5.69 Å². The van der Waals surface area contributed by atoms with Crippen LogP contribution in [0.3, 0.4) is 0 Å². The Morgan fingerprint density at radius 1 is 1.18 bits per heavy atom. The van der Waals surface area contributed by atoms with Gasteiger partial charge in [0.25, 0.3) is 5.91 Å². The molecule has 0 saturated carbocycles. The van der Waals surface area contributed by atoms with Gasteiger partial charge in [-0.25, -0.2) is 9.37 Å². The summed E-state index contributed by atoms with van der Waals surface area (Å²) in [6.45, 7) is 2.21. The number of hydrogen-bond donors (Lipinski definition) is 1. The van der Waals surface area contributed by atoms with Crippen LogP contribution in [0.2, 0.25) is 0 Å². The van der Waals surface area contributed by atoms with Crippen LogP contribution < -0.4 is 5.32 Å². The van der Waals surface area contributed by atoms with E-state index in [0.717, 1.165) is 31.6 Å². The number of halogens is 1. The van der Waals surface area contributed by atoms with Crippen LogP contribution in [-0.4, -0.2) is 39.5 Å². The maximum absolute atomic E-state index is 13.9. The van der Waals surface area contributed by atoms with E-state index >= 15 is 0 Å². The zero-order chi connectivity index (χ0) is 19.3. The number of likely N-dealkylation sites (tertiary alicyclic amines) is 1. The lowest BCUT2D eigenvalue weighted by atomic mass is 10.0. The molecule has 0 aliphatic carbocycles. The van der Waals surface area contributed by atoms with Crippen molar-refractivity contribution in [2.75, 3.05) is 13.1 Å². The number of carbonyl (C=O) groups excluding carboxylic acids is 1. The standard InChI is InChI=1S/C22H23FN4O/c23-21-6-2-1-4-18(21)14-26-12-3-5-19(15-26)25-22(28)17-7-9-20(10-8-17)27-13-11-24-16-27/h1-2,4,6-11,13,16,19H,3,5,12,14-15H2,(H,25,28). The van der Waals surface area contributed by atoms with E-state index in [-0.39, 0.29) is 17.8 Å². The Labute approximate surface area is 163 Å². The van der Waals surface area contributed by atoms with E-state index in [0.29, 0.717) is 17.7 Å². The van der Waals surface area contributed by atoms with Crippen LogP contribution in [0.5, 0.6) is 0 Å². The second kappa shape index (κ2) is 8.35. The summed E-state index contributed by atoms with van der Waals surface area (Å²) in [6.07, 6.45) is 7.23. The number of amides is 1. The van der Waals surface area contributed by atoms with Crippen molar-refractivity contribution in [3.05, 3.63) is 84.2 Å². The summed E-state index contributed by atoms with van der Waals surface area (Å²) in [5, 5.41) is 3.13. The van der Waals surface area contributed by atoms with Gasteiger partial charge in [-0.05, 0) is 49.7 Å². The summed E-state index contributed by atoms with van der Waals surface area (Å²) in [7, 11) is 0. The molecule has 1 aliphatic heterocycles. The number of carbonyl (C=O) groups is 1. The van der Waals surface area contributed by atoms with Gasteiger partial charge in [0.05, 0.1) is 6.33 Å². The normalized spacial score (nSPS) is 17.4. The van der Waals surface area contributed by atoms with Crippen LogP contribution in [0.4, 0.5) is 4.39 Å². The van der Waals surface area contributed by atoms with Crippen molar-refractivity contribution >= 4 is 5.91 Å². The van der Waals surface area contributed by atoms with Gasteiger partial charge in [-0.3, -0.25) is 9.69 Å². The lowest BCUT2D eigenvalue weighted by molar-refractivity contribution is 0.0900. The molecule has 144 valence electrons. The molecule has 1 fully saturated rings. The van der Waals surface area contributed by atoms with E-state index < -0.39 is 0 Å². The molecule has 6 heteroatoms. The zero-order valence-corrected chi connectivity index (χ0v) is 15.6. The average Bonchev–Trinajstić information content (AvgIpc) is 3.25. The number of piperidine rings is 1. The molecule has 1 aromatic heterocycles. The van der Waals surface area contributed by atoms with Gasteiger partial charge in [-0.2, -0.15) is 0 Å². The van der Waals surface area contributed by atoms with Gasteiger partial charge in [-0.15, -0.1) is 0 Å². The Bertz CT molecular complexity index is 924. The molecule has 5 nitrogen and oxygen atoms in total. The molecule has 2 aromatic carbocycles. The van der Waals surface area contributed by atoms with Crippen molar-refractivity contribution in [1.29, 1.82) is 0 Å². The Kier molecular flexibility index (Phi) is 5.48. The summed E-state index contributed by atoms with van der Waals surface area (Å²) in [4.78, 5) is 18.9. The van der Waals surface area contributed by atoms with Crippen molar-refractivity contribution in [3.8, 4) is 5.69 Å². The first-order valence-electron chi connectivity index (χ1n) is 9.54. The summed E-state index contributed by atoms with van der Waals surface area (Å²) in [5.41, 5.74) is 2.29. The second-order valence-corrected chi connectivity index (χ2v) is 7.16. The lowest BCUT2D eigenvalue weighted by Crippen LogP contribution is -2.47. The minimum atomic E-state index is -0.174. The summed E-state index contributed by atoms with van der Waals surface area (Å²) < 4.78 is 15.8. The minimum absolute atomic E-state index is 0.0707. The Morgan fingerprint density at radius 3 is 2.75 bits per heavy atom. The summed E-state index contributed by atoms with van der Waals surface area (Å²) in [6, 6.07) is 14.4. The van der Waals surface area contributed by atoms with Crippen molar-refractivity contribution < 1.29 is 9.18 Å². The molecule has 1 aliphatic rings. The zero-order valence-electron chi connectivity index (χ0n) is 15.6. The quantitative estimate of drug-likeness (QED) is 0.740. The number of nitrogens with zero attached hydrogens (tertiary/aromatic N) is 3. The van der Waals surface area contributed by atoms with Crippen LogP contribution >= 0.6 is 0 Å². The predicted molar refractivity (Wildman–Crippen MR) is 106 cm³/mol. The average molecular weight is 378 g/mol. The molecule has 1 unspecified atom stereocenters. The van der Waals surface area contributed by atoms with Crippen LogP contribution in [0.15, 0.2) is 67.3 Å². The molecule has 0 radical (unpaired) electrons. The first-order valence-corrected chi connectivity index (χ1v) is 9.54. The fraction of sp³-hybridized carbons (Fsp3) is 0.273. The fourth-order valence-electron chi connectivity index (χ4n) is 3.65. The van der Waals surface area contributed by atoms with Gasteiger partial charge in [-0.1, -0.05) is 18.2 Å². The smallest absolute Gasteiger partial charge is 0.251 e. The molecule has 1 saturated heterocycles. The Morgan fingerprint density at radius 2 is 2.00 bits per heavy atom. The van der Waals surface area contributed by atoms with E-state index in [1.165, 1.54) is 6.07 Å². The van der Waals surface area contributed by atoms with Crippen molar-refractivity contribution in [1.82, 2.24) is 19.8 Å². The van der Waals surface area contributed by atoms with Crippen LogP contribution in [-0.2, 0) is 6.54 Å².